The van der Waals surface area contributed by atoms with Gasteiger partial charge in [-0.15, -0.1) is 0 Å². The van der Waals surface area contributed by atoms with Crippen LogP contribution in [0.25, 0.3) is 0 Å². The highest BCUT2D eigenvalue weighted by Crippen LogP contribution is 2.27. The van der Waals surface area contributed by atoms with Crippen LogP contribution < -0.4 is 4.74 Å². The average Bonchev–Trinajstić information content (AvgIpc) is 2.30. The van der Waals surface area contributed by atoms with E-state index in [-0.39, 0.29) is 5.56 Å². The summed E-state index contributed by atoms with van der Waals surface area (Å²) in [5.41, 5.74) is -0.273. The molecule has 98 valence electrons. The number of methoxy groups -OCH3 is 1. The molecule has 1 aromatic carbocycles. The molecule has 0 aliphatic rings. The van der Waals surface area contributed by atoms with Crippen LogP contribution in [0.15, 0.2) is 18.2 Å². The zero-order valence-corrected chi connectivity index (χ0v) is 11.1. The Labute approximate surface area is 114 Å². The van der Waals surface area contributed by atoms with Crippen molar-refractivity contribution in [3.8, 4) is 5.75 Å². The van der Waals surface area contributed by atoms with Crippen molar-refractivity contribution in [1.82, 2.24) is 0 Å². The number of carboxylic acid groups (broad SMARTS) is 1. The van der Waals surface area contributed by atoms with Crippen molar-refractivity contribution in [3.05, 3.63) is 27.3 Å². The fraction of sp³-hybridized carbons (Fsp3) is 0.200. The van der Waals surface area contributed by atoms with Gasteiger partial charge in [0.25, 0.3) is 0 Å². The molecule has 0 atom stereocenters. The van der Waals surface area contributed by atoms with Crippen molar-refractivity contribution >= 4 is 34.5 Å². The molecule has 0 aliphatic carbocycles. The second-order valence-corrected chi connectivity index (χ2v) is 4.30. The first-order chi connectivity index (χ1) is 8.27. The summed E-state index contributed by atoms with van der Waals surface area (Å²) in [5, 5.41) is 8.25. The number of ether oxygens (including phenoxy) is 2. The van der Waals surface area contributed by atoms with Crippen LogP contribution in [0, 0.1) is 3.57 Å². The number of halogens is 3. The lowest BCUT2D eigenvalue weighted by atomic mass is 10.2. The Kier molecular flexibility index (Phi) is 4.43. The monoisotopic (exact) mass is 372 g/mol. The van der Waals surface area contributed by atoms with Crippen molar-refractivity contribution in [2.45, 2.75) is 6.11 Å². The summed E-state index contributed by atoms with van der Waals surface area (Å²) >= 11 is 1.86. The first kappa shape index (κ1) is 14.6. The second-order valence-electron chi connectivity index (χ2n) is 3.06. The average molecular weight is 372 g/mol. The summed E-state index contributed by atoms with van der Waals surface area (Å²) in [6.45, 7) is 0. The number of rotatable bonds is 4. The van der Waals surface area contributed by atoms with E-state index >= 15 is 0 Å². The number of carbonyl (C=O) groups excluding carboxylic acids is 1. The van der Waals surface area contributed by atoms with Crippen molar-refractivity contribution in [2.24, 2.45) is 0 Å². The summed E-state index contributed by atoms with van der Waals surface area (Å²) in [6.07, 6.45) is -4.42. The van der Waals surface area contributed by atoms with Crippen molar-refractivity contribution in [2.75, 3.05) is 7.11 Å². The molecule has 0 aromatic heterocycles. The van der Waals surface area contributed by atoms with Crippen LogP contribution in [-0.2, 0) is 9.53 Å². The SMILES string of the molecule is COC(=O)c1cc(I)ccc1OC(F)(F)C(=O)O. The molecule has 0 fully saturated rings. The Morgan fingerprint density at radius 2 is 2.00 bits per heavy atom. The predicted octanol–water partition coefficient (Wildman–Crippen LogP) is 2.13. The first-order valence-electron chi connectivity index (χ1n) is 4.46. The number of esters is 1. The maximum absolute atomic E-state index is 12.9. The molecule has 1 aromatic rings. The minimum absolute atomic E-state index is 0.273. The van der Waals surface area contributed by atoms with Crippen molar-refractivity contribution < 1.29 is 33.0 Å². The van der Waals surface area contributed by atoms with Crippen LogP contribution in [0.2, 0.25) is 0 Å². The minimum Gasteiger partial charge on any atom is -0.474 e. The van der Waals surface area contributed by atoms with E-state index in [2.05, 4.69) is 9.47 Å². The third-order valence-electron chi connectivity index (χ3n) is 1.83. The summed E-state index contributed by atoms with van der Waals surface area (Å²) in [6, 6.07) is 3.71. The van der Waals surface area contributed by atoms with E-state index in [0.29, 0.717) is 3.57 Å². The van der Waals surface area contributed by atoms with Crippen LogP contribution in [0.5, 0.6) is 5.75 Å². The Bertz CT molecular complexity index is 489. The maximum atomic E-state index is 12.9. The molecule has 0 spiro atoms. The largest absolute Gasteiger partial charge is 0.501 e. The summed E-state index contributed by atoms with van der Waals surface area (Å²) < 4.78 is 34.8. The van der Waals surface area contributed by atoms with E-state index in [0.717, 1.165) is 13.2 Å². The molecule has 1 N–H and O–H groups in total. The Hall–Kier alpha value is -1.45. The van der Waals surface area contributed by atoms with Crippen LogP contribution in [0.1, 0.15) is 10.4 Å². The fourth-order valence-corrected chi connectivity index (χ4v) is 1.53. The highest BCUT2D eigenvalue weighted by Gasteiger charge is 2.43. The molecule has 18 heavy (non-hydrogen) atoms. The van der Waals surface area contributed by atoms with Gasteiger partial charge in [-0.3, -0.25) is 0 Å². The zero-order chi connectivity index (χ0) is 13.9. The fourth-order valence-electron chi connectivity index (χ4n) is 1.04. The van der Waals surface area contributed by atoms with Gasteiger partial charge in [-0.05, 0) is 40.8 Å². The molecule has 0 aliphatic heterocycles. The lowest BCUT2D eigenvalue weighted by molar-refractivity contribution is -0.211. The van der Waals surface area contributed by atoms with Gasteiger partial charge in [0, 0.05) is 3.57 Å². The normalized spacial score (nSPS) is 10.9. The van der Waals surface area contributed by atoms with E-state index in [4.69, 9.17) is 5.11 Å². The van der Waals surface area contributed by atoms with E-state index < -0.39 is 23.8 Å². The summed E-state index contributed by atoms with van der Waals surface area (Å²) in [4.78, 5) is 21.6. The number of aliphatic carboxylic acids is 1. The lowest BCUT2D eigenvalue weighted by Gasteiger charge is -2.15. The van der Waals surface area contributed by atoms with E-state index in [1.807, 2.05) is 22.6 Å². The Balaban J connectivity index is 3.17. The van der Waals surface area contributed by atoms with Gasteiger partial charge in [0.05, 0.1) is 7.11 Å². The number of hydrogen-bond acceptors (Lipinski definition) is 4. The van der Waals surface area contributed by atoms with Crippen molar-refractivity contribution in [1.29, 1.82) is 0 Å². The van der Waals surface area contributed by atoms with Crippen molar-refractivity contribution in [3.63, 3.8) is 0 Å². The first-order valence-corrected chi connectivity index (χ1v) is 5.54. The molecule has 5 nitrogen and oxygen atoms in total. The molecule has 1 rings (SSSR count). The summed E-state index contributed by atoms with van der Waals surface area (Å²) in [5.74, 6) is -3.91. The van der Waals surface area contributed by atoms with Gasteiger partial charge in [0.15, 0.2) is 0 Å². The molecule has 0 saturated carbocycles. The number of carboxylic acids is 1. The molecule has 8 heteroatoms. The van der Waals surface area contributed by atoms with Gasteiger partial charge in [0.1, 0.15) is 11.3 Å². The lowest BCUT2D eigenvalue weighted by Crippen LogP contribution is -2.35. The van der Waals surface area contributed by atoms with E-state index in [9.17, 15) is 18.4 Å². The molecule has 0 unspecified atom stereocenters. The Morgan fingerprint density at radius 3 is 2.50 bits per heavy atom. The topological polar surface area (TPSA) is 72.8 Å². The van der Waals surface area contributed by atoms with Gasteiger partial charge < -0.3 is 14.6 Å². The van der Waals surface area contributed by atoms with Gasteiger partial charge in [-0.25, -0.2) is 9.59 Å². The molecule has 0 saturated heterocycles. The minimum atomic E-state index is -4.42. The van der Waals surface area contributed by atoms with E-state index in [1.54, 1.807) is 0 Å². The quantitative estimate of drug-likeness (QED) is 0.648. The Morgan fingerprint density at radius 1 is 1.39 bits per heavy atom. The smallest absolute Gasteiger partial charge is 0.474 e. The number of alkyl halides is 2. The standard InChI is InChI=1S/C10H7F2IO5/c1-17-8(14)6-4-5(13)2-3-7(6)18-10(11,12)9(15)16/h2-4H,1H3,(H,15,16). The summed E-state index contributed by atoms with van der Waals surface area (Å²) in [7, 11) is 1.07. The van der Waals surface area contributed by atoms with Gasteiger partial charge in [-0.1, -0.05) is 0 Å². The number of carbonyl (C=O) groups is 2. The number of benzene rings is 1. The van der Waals surface area contributed by atoms with Crippen LogP contribution in [0.3, 0.4) is 0 Å². The van der Waals surface area contributed by atoms with Crippen LogP contribution in [-0.4, -0.2) is 30.3 Å². The number of hydrogen-bond donors (Lipinski definition) is 1. The van der Waals surface area contributed by atoms with Gasteiger partial charge in [-0.2, -0.15) is 8.78 Å². The van der Waals surface area contributed by atoms with Crippen LogP contribution in [0.4, 0.5) is 8.78 Å². The van der Waals surface area contributed by atoms with Gasteiger partial charge >= 0.3 is 18.0 Å². The molecule has 0 bridgehead atoms. The second kappa shape index (κ2) is 5.46. The highest BCUT2D eigenvalue weighted by molar-refractivity contribution is 14.1. The third-order valence-corrected chi connectivity index (χ3v) is 2.51. The van der Waals surface area contributed by atoms with Gasteiger partial charge in [0.2, 0.25) is 0 Å². The molecule has 0 heterocycles. The molecule has 0 amide bonds. The van der Waals surface area contributed by atoms with E-state index in [1.165, 1.54) is 12.1 Å². The predicted molar refractivity (Wildman–Crippen MR) is 63.7 cm³/mol. The highest BCUT2D eigenvalue weighted by atomic mass is 127. The van der Waals surface area contributed by atoms with Crippen LogP contribution >= 0.6 is 22.6 Å². The third kappa shape index (κ3) is 3.28. The molecular formula is C10H7F2IO5. The maximum Gasteiger partial charge on any atom is 0.501 e. The molecule has 0 radical (unpaired) electrons. The zero-order valence-electron chi connectivity index (χ0n) is 8.95. The molecular weight excluding hydrogens is 365 g/mol.